The van der Waals surface area contributed by atoms with Gasteiger partial charge in [0.25, 0.3) is 0 Å². The van der Waals surface area contributed by atoms with Crippen LogP contribution in [0.5, 0.6) is 0 Å². The normalized spacial score (nSPS) is 10.8. The second-order valence-electron chi connectivity index (χ2n) is 24.1. The summed E-state index contributed by atoms with van der Waals surface area (Å²) in [6.45, 7) is 9.08. The number of unbranched alkanes of at least 4 members (excludes halogenated alkanes) is 52. The summed E-state index contributed by atoms with van der Waals surface area (Å²) in [4.78, 5) is 40.9. The third kappa shape index (κ3) is 109. The number of rotatable bonds is 68. The van der Waals surface area contributed by atoms with Crippen LogP contribution >= 0.6 is 47.0 Å². The first kappa shape index (κ1) is 93.8. The Kier molecular flexibility index (Phi) is 99.9. The quantitative estimate of drug-likeness (QED) is 0.0419. The van der Waals surface area contributed by atoms with Crippen LogP contribution in [0.2, 0.25) is 0 Å². The zero-order chi connectivity index (χ0) is 62.4. The van der Waals surface area contributed by atoms with Gasteiger partial charge in [-0.25, -0.2) is 0 Å². The minimum absolute atomic E-state index is 0. The van der Waals surface area contributed by atoms with Crippen molar-refractivity contribution in [1.29, 1.82) is 0 Å². The van der Waals surface area contributed by atoms with E-state index >= 15 is 0 Å². The van der Waals surface area contributed by atoms with Crippen LogP contribution in [0.4, 0.5) is 0 Å². The van der Waals surface area contributed by atoms with Crippen LogP contribution in [0.25, 0.3) is 0 Å². The summed E-state index contributed by atoms with van der Waals surface area (Å²) in [7, 11) is 0. The molecule has 0 aliphatic heterocycles. The third-order valence-corrected chi connectivity index (χ3v) is 19.5. The summed E-state index contributed by atoms with van der Waals surface area (Å²) in [6, 6.07) is 0. The van der Waals surface area contributed by atoms with Crippen LogP contribution in [0.15, 0.2) is 0 Å². The molecule has 0 heterocycles. The van der Waals surface area contributed by atoms with Crippen molar-refractivity contribution in [2.75, 3.05) is 46.0 Å². The molecule has 0 saturated heterocycles. The van der Waals surface area contributed by atoms with E-state index in [4.69, 9.17) is 0 Å². The Morgan fingerprint density at radius 2 is 0.282 bits per heavy atom. The average Bonchev–Trinajstić information content (AvgIpc) is 3.47. The first-order chi connectivity index (χ1) is 41.1. The van der Waals surface area contributed by atoms with Crippen molar-refractivity contribution in [1.82, 2.24) is 0 Å². The fraction of sp³-hybridized carbons (Fsp3) is 0.944. The summed E-state index contributed by atoms with van der Waals surface area (Å²) in [6.07, 6.45) is 76.6. The van der Waals surface area contributed by atoms with Gasteiger partial charge in [0.05, 0.1) is 23.9 Å². The molecule has 0 atom stereocenters. The Morgan fingerprint density at radius 1 is 0.188 bits per heavy atom. The van der Waals surface area contributed by atoms with E-state index in [9.17, 15) is 39.6 Å². The van der Waals surface area contributed by atoms with E-state index in [1.807, 2.05) is 0 Å². The Hall–Kier alpha value is 0.0787. The van der Waals surface area contributed by atoms with E-state index in [-0.39, 0.29) is 46.9 Å². The van der Waals surface area contributed by atoms with Crippen molar-refractivity contribution >= 4 is 94.8 Å². The van der Waals surface area contributed by atoms with Gasteiger partial charge in [-0.15, -0.1) is 0 Å². The molecule has 0 spiro atoms. The molecule has 0 rings (SSSR count). The van der Waals surface area contributed by atoms with Crippen molar-refractivity contribution in [2.45, 2.75) is 387 Å². The second-order valence-corrected chi connectivity index (χ2v) is 28.5. The standard InChI is InChI=1S/4C18H36O2S.Sn/c4*1-2-3-4-5-6-7-8-9-10-11-12-13-14-15-16-21-17-18(19)20;/h4*2-17H2,1H3,(H,19,20);/q;;;;+4/p-4. The van der Waals surface area contributed by atoms with Crippen molar-refractivity contribution in [2.24, 2.45) is 0 Å². The summed E-state index contributed by atoms with van der Waals surface area (Å²) in [5, 5.41) is 40.9. The van der Waals surface area contributed by atoms with Gasteiger partial charge in [-0.1, -0.05) is 362 Å². The zero-order valence-electron chi connectivity index (χ0n) is 56.7. The second kappa shape index (κ2) is 90.5. The number of carboxylic acid groups (broad SMARTS) is 4. The zero-order valence-corrected chi connectivity index (χ0v) is 62.8. The molecular weight excluding hydrogens is 1240 g/mol. The molecule has 13 heteroatoms. The summed E-state index contributed by atoms with van der Waals surface area (Å²) in [5.74, 6) is 0.704. The van der Waals surface area contributed by atoms with Gasteiger partial charge in [-0.05, 0) is 48.7 Å². The minimum Gasteiger partial charge on any atom is -0.549 e. The molecule has 0 aromatic carbocycles. The molecule has 85 heavy (non-hydrogen) atoms. The van der Waals surface area contributed by atoms with Gasteiger partial charge in [-0.2, -0.15) is 47.0 Å². The molecule has 0 fully saturated rings. The first-order valence-electron chi connectivity index (χ1n) is 36.2. The number of carbonyl (C=O) groups is 4. The van der Waals surface area contributed by atoms with Gasteiger partial charge in [0, 0.05) is 23.0 Å². The minimum atomic E-state index is -0.939. The number of aliphatic carboxylic acids is 4. The number of carbonyl (C=O) groups excluding carboxylic acids is 4. The smallest absolute Gasteiger partial charge is 0.549 e. The molecule has 0 aromatic heterocycles. The maximum atomic E-state index is 10.2. The van der Waals surface area contributed by atoms with Gasteiger partial charge in [-0.3, -0.25) is 0 Å². The average molecular weight is 1380 g/mol. The maximum Gasteiger partial charge on any atom is 4.00 e. The van der Waals surface area contributed by atoms with Crippen LogP contribution in [-0.2, 0) is 19.2 Å². The van der Waals surface area contributed by atoms with Crippen LogP contribution < -0.4 is 20.4 Å². The van der Waals surface area contributed by atoms with Crippen molar-refractivity contribution in [3.8, 4) is 0 Å². The Labute approximate surface area is 563 Å². The van der Waals surface area contributed by atoms with E-state index in [1.165, 1.54) is 381 Å². The Morgan fingerprint density at radius 3 is 0.376 bits per heavy atom. The van der Waals surface area contributed by atoms with Gasteiger partial charge in [0.2, 0.25) is 0 Å². The van der Waals surface area contributed by atoms with Crippen LogP contribution in [0, 0.1) is 0 Å². The molecule has 0 aliphatic carbocycles. The predicted molar refractivity (Wildman–Crippen MR) is 376 cm³/mol. The van der Waals surface area contributed by atoms with E-state index < -0.39 is 23.9 Å². The fourth-order valence-corrected chi connectivity index (χ4v) is 13.1. The number of hydrogen-bond acceptors (Lipinski definition) is 12. The summed E-state index contributed by atoms with van der Waals surface area (Å²) in [5.41, 5.74) is 0. The largest absolute Gasteiger partial charge is 4.00 e. The molecule has 0 unspecified atom stereocenters. The maximum absolute atomic E-state index is 10.2. The number of hydrogen-bond donors (Lipinski definition) is 0. The fourth-order valence-electron chi connectivity index (χ4n) is 10.2. The van der Waals surface area contributed by atoms with Gasteiger partial charge >= 0.3 is 23.9 Å². The summed E-state index contributed by atoms with van der Waals surface area (Å²) >= 11 is 5.93. The molecule has 0 bridgehead atoms. The molecule has 0 aliphatic rings. The molecule has 0 amide bonds. The van der Waals surface area contributed by atoms with Crippen molar-refractivity contribution in [3.63, 3.8) is 0 Å². The molecule has 0 N–H and O–H groups in total. The molecule has 8 nitrogen and oxygen atoms in total. The van der Waals surface area contributed by atoms with Gasteiger partial charge in [0.1, 0.15) is 0 Å². The predicted octanol–water partition coefficient (Wildman–Crippen LogP) is 19.4. The number of thioether (sulfide) groups is 4. The summed E-state index contributed by atoms with van der Waals surface area (Å²) < 4.78 is 0. The Bertz CT molecular complexity index is 1070. The molecular formula is C72H140O8S4Sn. The van der Waals surface area contributed by atoms with Crippen molar-refractivity contribution < 1.29 is 39.6 Å². The first-order valence-corrected chi connectivity index (χ1v) is 40.8. The van der Waals surface area contributed by atoms with E-state index in [0.717, 1.165) is 48.7 Å². The van der Waals surface area contributed by atoms with Crippen LogP contribution in [0.1, 0.15) is 387 Å². The molecule has 504 valence electrons. The molecule has 0 saturated carbocycles. The van der Waals surface area contributed by atoms with E-state index in [1.54, 1.807) is 0 Å². The Balaban J connectivity index is -0.000000333. The number of carboxylic acids is 4. The van der Waals surface area contributed by atoms with Crippen LogP contribution in [-0.4, -0.2) is 93.8 Å². The topological polar surface area (TPSA) is 161 Å². The SMILES string of the molecule is CCCCCCCCCCCCCCCCSCC(=O)[O-].CCCCCCCCCCCCCCCCSCC(=O)[O-].CCCCCCCCCCCCCCCCSCC(=O)[O-].CCCCCCCCCCCCCCCCSCC(=O)[O-].[Sn+4]. The van der Waals surface area contributed by atoms with Crippen LogP contribution in [0.3, 0.4) is 0 Å². The third-order valence-electron chi connectivity index (χ3n) is 15.4. The van der Waals surface area contributed by atoms with Gasteiger partial charge < -0.3 is 39.6 Å². The van der Waals surface area contributed by atoms with E-state index in [0.29, 0.717) is 0 Å². The van der Waals surface area contributed by atoms with Crippen molar-refractivity contribution in [3.05, 3.63) is 0 Å². The molecule has 0 radical (unpaired) electrons. The van der Waals surface area contributed by atoms with Gasteiger partial charge in [0.15, 0.2) is 0 Å². The van der Waals surface area contributed by atoms with E-state index in [2.05, 4.69) is 27.7 Å². The monoisotopic (exact) mass is 1380 g/mol. The molecule has 0 aromatic rings.